The highest BCUT2D eigenvalue weighted by Gasteiger charge is 2.23. The van der Waals surface area contributed by atoms with Crippen LogP contribution in [0.5, 0.6) is 5.75 Å². The zero-order chi connectivity index (χ0) is 12.2. The van der Waals surface area contributed by atoms with E-state index in [1.54, 1.807) is 14.0 Å². The molecule has 1 N–H and O–H groups in total. The molecule has 1 atom stereocenters. The van der Waals surface area contributed by atoms with Crippen LogP contribution in [0.3, 0.4) is 0 Å². The van der Waals surface area contributed by atoms with Gasteiger partial charge in [-0.2, -0.15) is 5.26 Å². The summed E-state index contributed by atoms with van der Waals surface area (Å²) in [7, 11) is 1.63. The minimum Gasteiger partial charge on any atom is -0.496 e. The molecule has 0 saturated heterocycles. The van der Waals surface area contributed by atoms with Crippen LogP contribution in [0, 0.1) is 23.7 Å². The van der Waals surface area contributed by atoms with E-state index in [1.165, 1.54) is 0 Å². The number of benzene rings is 1. The lowest BCUT2D eigenvalue weighted by atomic mass is 9.85. The molecule has 1 rings (SSSR count). The molecule has 0 aliphatic heterocycles. The smallest absolute Gasteiger partial charge is 0.121 e. The molecule has 0 bridgehead atoms. The lowest BCUT2D eigenvalue weighted by molar-refractivity contribution is 0.190. The first-order chi connectivity index (χ1) is 7.54. The molecule has 86 valence electrons. The van der Waals surface area contributed by atoms with Gasteiger partial charge in [0.05, 0.1) is 25.2 Å². The van der Waals surface area contributed by atoms with E-state index in [4.69, 9.17) is 15.1 Å². The van der Waals surface area contributed by atoms with E-state index >= 15 is 0 Å². The Bertz CT molecular complexity index is 409. The van der Waals surface area contributed by atoms with E-state index in [2.05, 4.69) is 6.07 Å². The van der Waals surface area contributed by atoms with E-state index in [1.807, 2.05) is 25.1 Å². The van der Waals surface area contributed by atoms with Gasteiger partial charge in [-0.15, -0.1) is 0 Å². The Morgan fingerprint density at radius 2 is 2.19 bits per heavy atom. The van der Waals surface area contributed by atoms with Crippen LogP contribution in [0.4, 0.5) is 0 Å². The normalized spacial score (nSPS) is 13.9. The summed E-state index contributed by atoms with van der Waals surface area (Å²) in [5.74, 6) is 0.839. The van der Waals surface area contributed by atoms with Crippen LogP contribution in [0.25, 0.3) is 0 Å². The van der Waals surface area contributed by atoms with Gasteiger partial charge in [0.2, 0.25) is 0 Å². The molecular formula is C13H17NO2. The van der Waals surface area contributed by atoms with E-state index < -0.39 is 5.41 Å². The Kier molecular flexibility index (Phi) is 3.92. The Balaban J connectivity index is 2.91. The minimum absolute atomic E-state index is 0.130. The summed E-state index contributed by atoms with van der Waals surface area (Å²) >= 11 is 0. The Labute approximate surface area is 96.3 Å². The lowest BCUT2D eigenvalue weighted by Crippen LogP contribution is -2.22. The highest BCUT2D eigenvalue weighted by Crippen LogP contribution is 2.25. The molecule has 0 amide bonds. The van der Waals surface area contributed by atoms with Gasteiger partial charge >= 0.3 is 0 Å². The second-order valence-corrected chi connectivity index (χ2v) is 4.31. The van der Waals surface area contributed by atoms with Crippen molar-refractivity contribution in [3.63, 3.8) is 0 Å². The monoisotopic (exact) mass is 219 g/mol. The van der Waals surface area contributed by atoms with E-state index in [0.717, 1.165) is 16.9 Å². The fourth-order valence-corrected chi connectivity index (χ4v) is 1.63. The van der Waals surface area contributed by atoms with Crippen LogP contribution in [0.2, 0.25) is 0 Å². The lowest BCUT2D eigenvalue weighted by Gasteiger charge is -2.18. The number of nitriles is 1. The summed E-state index contributed by atoms with van der Waals surface area (Å²) in [6, 6.07) is 7.95. The number of aliphatic hydroxyl groups is 1. The van der Waals surface area contributed by atoms with Gasteiger partial charge in [0, 0.05) is 0 Å². The highest BCUT2D eigenvalue weighted by atomic mass is 16.5. The first-order valence-electron chi connectivity index (χ1n) is 5.20. The maximum absolute atomic E-state index is 9.17. The van der Waals surface area contributed by atoms with Gasteiger partial charge in [-0.1, -0.05) is 12.1 Å². The largest absolute Gasteiger partial charge is 0.496 e. The van der Waals surface area contributed by atoms with Gasteiger partial charge in [0.15, 0.2) is 0 Å². The number of nitrogens with zero attached hydrogens (tertiary/aromatic N) is 1. The van der Waals surface area contributed by atoms with Crippen LogP contribution >= 0.6 is 0 Å². The highest BCUT2D eigenvalue weighted by molar-refractivity contribution is 5.36. The van der Waals surface area contributed by atoms with E-state index in [9.17, 15) is 0 Å². The molecule has 16 heavy (non-hydrogen) atoms. The third kappa shape index (κ3) is 2.74. The van der Waals surface area contributed by atoms with Crippen LogP contribution in [-0.4, -0.2) is 18.8 Å². The number of ether oxygens (including phenoxy) is 1. The van der Waals surface area contributed by atoms with Crippen molar-refractivity contribution in [1.29, 1.82) is 5.26 Å². The number of hydrogen-bond acceptors (Lipinski definition) is 3. The summed E-state index contributed by atoms with van der Waals surface area (Å²) < 4.78 is 5.17. The van der Waals surface area contributed by atoms with Crippen LogP contribution in [-0.2, 0) is 6.42 Å². The van der Waals surface area contributed by atoms with Crippen LogP contribution in [0.15, 0.2) is 18.2 Å². The maximum Gasteiger partial charge on any atom is 0.121 e. The summed E-state index contributed by atoms with van der Waals surface area (Å²) in [4.78, 5) is 0. The number of hydrogen-bond donors (Lipinski definition) is 1. The average molecular weight is 219 g/mol. The summed E-state index contributed by atoms with van der Waals surface area (Å²) in [5.41, 5.74) is 1.37. The number of aryl methyl sites for hydroxylation is 1. The SMILES string of the molecule is COc1ccc(CC(C)(C#N)CO)cc1C. The van der Waals surface area contributed by atoms with Crippen molar-refractivity contribution in [1.82, 2.24) is 0 Å². The standard InChI is InChI=1S/C13H17NO2/c1-10-6-11(4-5-12(10)16-3)7-13(2,8-14)9-15/h4-6,15H,7,9H2,1-3H3. The van der Waals surface area contributed by atoms with Crippen molar-refractivity contribution < 1.29 is 9.84 Å². The Morgan fingerprint density at radius 1 is 1.50 bits per heavy atom. The molecule has 0 aliphatic rings. The van der Waals surface area contributed by atoms with E-state index in [0.29, 0.717) is 6.42 Å². The second kappa shape index (κ2) is 5.00. The van der Waals surface area contributed by atoms with Crippen molar-refractivity contribution in [2.75, 3.05) is 13.7 Å². The molecule has 3 heteroatoms. The number of methoxy groups -OCH3 is 1. The summed E-state index contributed by atoms with van der Waals surface area (Å²) in [6.45, 7) is 3.59. The molecule has 1 aromatic carbocycles. The zero-order valence-corrected chi connectivity index (χ0v) is 9.95. The van der Waals surface area contributed by atoms with Crippen LogP contribution in [0.1, 0.15) is 18.1 Å². The molecule has 1 unspecified atom stereocenters. The molecule has 0 aliphatic carbocycles. The minimum atomic E-state index is -0.707. The maximum atomic E-state index is 9.17. The Morgan fingerprint density at radius 3 is 2.62 bits per heavy atom. The molecule has 0 heterocycles. The fraction of sp³-hybridized carbons (Fsp3) is 0.462. The van der Waals surface area contributed by atoms with Gasteiger partial charge in [-0.3, -0.25) is 0 Å². The van der Waals surface area contributed by atoms with Gasteiger partial charge in [0.1, 0.15) is 5.75 Å². The van der Waals surface area contributed by atoms with Crippen LogP contribution < -0.4 is 4.74 Å². The third-order valence-electron chi connectivity index (χ3n) is 2.67. The number of rotatable bonds is 4. The van der Waals surface area contributed by atoms with Crippen molar-refractivity contribution in [3.05, 3.63) is 29.3 Å². The first kappa shape index (κ1) is 12.5. The predicted octanol–water partition coefficient (Wildman–Crippen LogP) is 2.07. The molecule has 0 spiro atoms. The topological polar surface area (TPSA) is 53.2 Å². The average Bonchev–Trinajstić information content (AvgIpc) is 2.29. The number of aliphatic hydroxyl groups excluding tert-OH is 1. The molecule has 0 radical (unpaired) electrons. The summed E-state index contributed by atoms with van der Waals surface area (Å²) in [6.07, 6.45) is 0.546. The van der Waals surface area contributed by atoms with Crippen molar-refractivity contribution >= 4 is 0 Å². The van der Waals surface area contributed by atoms with Crippen molar-refractivity contribution in [3.8, 4) is 11.8 Å². The third-order valence-corrected chi connectivity index (χ3v) is 2.67. The zero-order valence-electron chi connectivity index (χ0n) is 9.95. The van der Waals surface area contributed by atoms with E-state index in [-0.39, 0.29) is 6.61 Å². The predicted molar refractivity (Wildman–Crippen MR) is 62.2 cm³/mol. The van der Waals surface area contributed by atoms with Crippen molar-refractivity contribution in [2.45, 2.75) is 20.3 Å². The van der Waals surface area contributed by atoms with Gasteiger partial charge in [-0.05, 0) is 37.5 Å². The molecule has 3 nitrogen and oxygen atoms in total. The summed E-state index contributed by atoms with van der Waals surface area (Å²) in [5, 5.41) is 18.2. The van der Waals surface area contributed by atoms with Crippen molar-refractivity contribution in [2.24, 2.45) is 5.41 Å². The molecular weight excluding hydrogens is 202 g/mol. The second-order valence-electron chi connectivity index (χ2n) is 4.31. The first-order valence-corrected chi connectivity index (χ1v) is 5.20. The molecule has 0 saturated carbocycles. The van der Waals surface area contributed by atoms with Gasteiger partial charge in [0.25, 0.3) is 0 Å². The Hall–Kier alpha value is -1.53. The fourth-order valence-electron chi connectivity index (χ4n) is 1.63. The quantitative estimate of drug-likeness (QED) is 0.843. The molecule has 0 aromatic heterocycles. The van der Waals surface area contributed by atoms with Gasteiger partial charge < -0.3 is 9.84 Å². The molecule has 1 aromatic rings. The van der Waals surface area contributed by atoms with Gasteiger partial charge in [-0.25, -0.2) is 0 Å². The molecule has 0 fully saturated rings.